The van der Waals surface area contributed by atoms with Crippen LogP contribution < -0.4 is 10.6 Å². The van der Waals surface area contributed by atoms with Crippen molar-refractivity contribution >= 4 is 12.0 Å². The van der Waals surface area contributed by atoms with Gasteiger partial charge in [0.2, 0.25) is 0 Å². The third kappa shape index (κ3) is 5.42. The number of nitrogens with one attached hydrogen (secondary N) is 2. The molecule has 0 unspecified atom stereocenters. The van der Waals surface area contributed by atoms with Crippen LogP contribution in [0.15, 0.2) is 30.3 Å². The van der Waals surface area contributed by atoms with E-state index in [0.29, 0.717) is 0 Å². The summed E-state index contributed by atoms with van der Waals surface area (Å²) >= 11 is 0. The summed E-state index contributed by atoms with van der Waals surface area (Å²) < 4.78 is 0. The van der Waals surface area contributed by atoms with E-state index >= 15 is 0 Å². The summed E-state index contributed by atoms with van der Waals surface area (Å²) in [6, 6.07) is 7.87. The van der Waals surface area contributed by atoms with Crippen LogP contribution in [0.3, 0.4) is 0 Å². The van der Waals surface area contributed by atoms with Crippen LogP contribution in [0.2, 0.25) is 0 Å². The van der Waals surface area contributed by atoms with Crippen molar-refractivity contribution in [3.63, 3.8) is 0 Å². The normalized spacial score (nSPS) is 13.4. The van der Waals surface area contributed by atoms with Gasteiger partial charge in [0.05, 0.1) is 0 Å². The highest BCUT2D eigenvalue weighted by atomic mass is 16.4. The van der Waals surface area contributed by atoms with Gasteiger partial charge in [-0.2, -0.15) is 0 Å². The highest BCUT2D eigenvalue weighted by Gasteiger charge is 2.20. The minimum Gasteiger partial charge on any atom is -0.480 e. The van der Waals surface area contributed by atoms with Gasteiger partial charge in [-0.1, -0.05) is 37.3 Å². The van der Waals surface area contributed by atoms with Gasteiger partial charge in [0.1, 0.15) is 6.04 Å². The zero-order chi connectivity index (χ0) is 14.3. The number of carbonyl (C=O) groups excluding carboxylic acids is 1. The minimum atomic E-state index is -1.04. The average Bonchev–Trinajstić information content (AvgIpc) is 2.38. The van der Waals surface area contributed by atoms with E-state index in [1.54, 1.807) is 0 Å². The lowest BCUT2D eigenvalue weighted by Gasteiger charge is -2.17. The molecule has 0 radical (unpaired) electrons. The molecule has 1 aromatic rings. The molecule has 0 aliphatic heterocycles. The number of carbonyl (C=O) groups is 2. The van der Waals surface area contributed by atoms with Gasteiger partial charge in [-0.25, -0.2) is 9.59 Å². The molecule has 0 aliphatic carbocycles. The molecule has 5 heteroatoms. The SMILES string of the molecule is CC[C@@H](C)NC(=O)N[C@@H](Cc1ccccc1)C(=O)O. The lowest BCUT2D eigenvalue weighted by atomic mass is 10.1. The van der Waals surface area contributed by atoms with Crippen molar-refractivity contribution in [1.29, 1.82) is 0 Å². The Kier molecular flexibility index (Phi) is 5.85. The summed E-state index contributed by atoms with van der Waals surface area (Å²) in [4.78, 5) is 22.8. The Balaban J connectivity index is 2.59. The summed E-state index contributed by atoms with van der Waals surface area (Å²) in [5.41, 5.74) is 0.874. The topological polar surface area (TPSA) is 78.4 Å². The van der Waals surface area contributed by atoms with Crippen molar-refractivity contribution in [3.8, 4) is 0 Å². The molecule has 0 saturated heterocycles. The molecule has 19 heavy (non-hydrogen) atoms. The molecule has 5 nitrogen and oxygen atoms in total. The molecular weight excluding hydrogens is 244 g/mol. The molecule has 1 aromatic carbocycles. The van der Waals surface area contributed by atoms with Crippen molar-refractivity contribution in [1.82, 2.24) is 10.6 Å². The molecule has 3 N–H and O–H groups in total. The van der Waals surface area contributed by atoms with Crippen LogP contribution in [0.25, 0.3) is 0 Å². The summed E-state index contributed by atoms with van der Waals surface area (Å²) in [5.74, 6) is -1.04. The maximum absolute atomic E-state index is 11.6. The third-order valence-corrected chi connectivity index (χ3v) is 2.88. The number of amides is 2. The fourth-order valence-electron chi connectivity index (χ4n) is 1.58. The number of carboxylic acid groups (broad SMARTS) is 1. The zero-order valence-corrected chi connectivity index (χ0v) is 11.2. The zero-order valence-electron chi connectivity index (χ0n) is 11.2. The quantitative estimate of drug-likeness (QED) is 0.733. The Morgan fingerprint density at radius 3 is 2.37 bits per heavy atom. The van der Waals surface area contributed by atoms with Gasteiger partial charge < -0.3 is 15.7 Å². The third-order valence-electron chi connectivity index (χ3n) is 2.88. The van der Waals surface area contributed by atoms with E-state index < -0.39 is 18.0 Å². The number of carboxylic acids is 1. The molecular formula is C14H20N2O3. The molecule has 1 rings (SSSR count). The van der Waals surface area contributed by atoms with Gasteiger partial charge in [0.15, 0.2) is 0 Å². The first kappa shape index (κ1) is 15.0. The van der Waals surface area contributed by atoms with Gasteiger partial charge in [-0.05, 0) is 18.9 Å². The molecule has 0 fully saturated rings. The molecule has 0 spiro atoms. The Morgan fingerprint density at radius 1 is 1.21 bits per heavy atom. The van der Waals surface area contributed by atoms with Crippen LogP contribution in [0, 0.1) is 0 Å². The molecule has 2 amide bonds. The fraction of sp³-hybridized carbons (Fsp3) is 0.429. The predicted molar refractivity (Wildman–Crippen MR) is 73.0 cm³/mol. The second-order valence-corrected chi connectivity index (χ2v) is 4.51. The van der Waals surface area contributed by atoms with Crippen LogP contribution >= 0.6 is 0 Å². The van der Waals surface area contributed by atoms with E-state index in [1.807, 2.05) is 44.2 Å². The highest BCUT2D eigenvalue weighted by Crippen LogP contribution is 2.03. The van der Waals surface area contributed by atoms with E-state index in [0.717, 1.165) is 12.0 Å². The van der Waals surface area contributed by atoms with Crippen molar-refractivity contribution in [2.75, 3.05) is 0 Å². The van der Waals surface area contributed by atoms with Gasteiger partial charge in [0.25, 0.3) is 0 Å². The first-order valence-corrected chi connectivity index (χ1v) is 6.36. The smallest absolute Gasteiger partial charge is 0.326 e. The second-order valence-electron chi connectivity index (χ2n) is 4.51. The maximum Gasteiger partial charge on any atom is 0.326 e. The van der Waals surface area contributed by atoms with Crippen LogP contribution in [0.5, 0.6) is 0 Å². The van der Waals surface area contributed by atoms with Crippen LogP contribution in [0.1, 0.15) is 25.8 Å². The molecule has 2 atom stereocenters. The number of aliphatic carboxylic acids is 1. The van der Waals surface area contributed by atoms with E-state index in [9.17, 15) is 9.59 Å². The first-order chi connectivity index (χ1) is 9.02. The summed E-state index contributed by atoms with van der Waals surface area (Å²) in [6.07, 6.45) is 1.06. The largest absolute Gasteiger partial charge is 0.480 e. The van der Waals surface area contributed by atoms with Crippen LogP contribution in [-0.4, -0.2) is 29.2 Å². The fourth-order valence-corrected chi connectivity index (χ4v) is 1.58. The average molecular weight is 264 g/mol. The van der Waals surface area contributed by atoms with E-state index in [1.165, 1.54) is 0 Å². The molecule has 0 aromatic heterocycles. The number of urea groups is 1. The molecule has 0 saturated carbocycles. The van der Waals surface area contributed by atoms with E-state index in [4.69, 9.17) is 5.11 Å². The second kappa shape index (κ2) is 7.41. The van der Waals surface area contributed by atoms with Crippen LogP contribution in [-0.2, 0) is 11.2 Å². The van der Waals surface area contributed by atoms with Gasteiger partial charge in [-0.3, -0.25) is 0 Å². The van der Waals surface area contributed by atoms with Gasteiger partial charge in [-0.15, -0.1) is 0 Å². The Labute approximate surface area is 113 Å². The number of benzene rings is 1. The van der Waals surface area contributed by atoms with Crippen molar-refractivity contribution in [3.05, 3.63) is 35.9 Å². The van der Waals surface area contributed by atoms with Crippen LogP contribution in [0.4, 0.5) is 4.79 Å². The minimum absolute atomic E-state index is 0.0196. The van der Waals surface area contributed by atoms with Crippen molar-refractivity contribution in [2.24, 2.45) is 0 Å². The van der Waals surface area contributed by atoms with Crippen molar-refractivity contribution < 1.29 is 14.7 Å². The maximum atomic E-state index is 11.6. The lowest BCUT2D eigenvalue weighted by Crippen LogP contribution is -2.49. The standard InChI is InChI=1S/C14H20N2O3/c1-3-10(2)15-14(19)16-12(13(17)18)9-11-7-5-4-6-8-11/h4-8,10,12H,3,9H2,1-2H3,(H,17,18)(H2,15,16,19)/t10-,12+/m1/s1. The Hall–Kier alpha value is -2.04. The van der Waals surface area contributed by atoms with Crippen molar-refractivity contribution in [2.45, 2.75) is 38.8 Å². The summed E-state index contributed by atoms with van der Waals surface area (Å²) in [7, 11) is 0. The van der Waals surface area contributed by atoms with E-state index in [-0.39, 0.29) is 12.5 Å². The molecule has 0 bridgehead atoms. The molecule has 0 aliphatic rings. The lowest BCUT2D eigenvalue weighted by molar-refractivity contribution is -0.139. The number of hydrogen-bond acceptors (Lipinski definition) is 2. The summed E-state index contributed by atoms with van der Waals surface area (Å²) in [6.45, 7) is 3.82. The Morgan fingerprint density at radius 2 is 1.84 bits per heavy atom. The monoisotopic (exact) mass is 264 g/mol. The first-order valence-electron chi connectivity index (χ1n) is 6.36. The number of hydrogen-bond donors (Lipinski definition) is 3. The molecule has 0 heterocycles. The Bertz CT molecular complexity index is 420. The highest BCUT2D eigenvalue weighted by molar-refractivity contribution is 5.82. The predicted octanol–water partition coefficient (Wildman–Crippen LogP) is 1.78. The van der Waals surface area contributed by atoms with E-state index in [2.05, 4.69) is 10.6 Å². The number of rotatable bonds is 6. The molecule has 104 valence electrons. The van der Waals surface area contributed by atoms with Gasteiger partial charge in [0, 0.05) is 12.5 Å². The summed E-state index contributed by atoms with van der Waals surface area (Å²) in [5, 5.41) is 14.3. The van der Waals surface area contributed by atoms with Gasteiger partial charge >= 0.3 is 12.0 Å².